The summed E-state index contributed by atoms with van der Waals surface area (Å²) in [6.45, 7) is 0.996. The molecule has 1 aromatic carbocycles. The lowest BCUT2D eigenvalue weighted by atomic mass is 10.2. The molecule has 0 spiro atoms. The number of pyridine rings is 1. The number of hydrogen-bond donors (Lipinski definition) is 1. The number of amides is 2. The fraction of sp³-hybridized carbons (Fsp3) is 0.263. The van der Waals surface area contributed by atoms with Gasteiger partial charge >= 0.3 is 0 Å². The van der Waals surface area contributed by atoms with Gasteiger partial charge in [-0.25, -0.2) is 5.01 Å². The summed E-state index contributed by atoms with van der Waals surface area (Å²) < 4.78 is 5.66. The van der Waals surface area contributed by atoms with Gasteiger partial charge in [0.1, 0.15) is 5.75 Å². The van der Waals surface area contributed by atoms with E-state index in [2.05, 4.69) is 15.4 Å². The van der Waals surface area contributed by atoms with Crippen LogP contribution >= 0.6 is 0 Å². The predicted octanol–water partition coefficient (Wildman–Crippen LogP) is 2.39. The Hall–Kier alpha value is -3.22. The molecule has 0 aliphatic carbocycles. The molecular weight excluding hydrogens is 332 g/mol. The molecule has 3 rings (SSSR count). The third-order valence-corrected chi connectivity index (χ3v) is 3.80. The molecule has 134 valence electrons. The van der Waals surface area contributed by atoms with Gasteiger partial charge in [-0.2, -0.15) is 5.10 Å². The zero-order valence-corrected chi connectivity index (χ0v) is 14.3. The first kappa shape index (κ1) is 17.6. The molecule has 2 amide bonds. The van der Waals surface area contributed by atoms with E-state index in [1.54, 1.807) is 48.8 Å². The summed E-state index contributed by atoms with van der Waals surface area (Å²) in [5.41, 5.74) is 1.26. The van der Waals surface area contributed by atoms with Gasteiger partial charge in [0.25, 0.3) is 5.91 Å². The molecule has 0 saturated heterocycles. The average Bonchev–Trinajstić information content (AvgIpc) is 2.69. The number of carbonyl (C=O) groups is 2. The second-order valence-electron chi connectivity index (χ2n) is 5.74. The Bertz CT molecular complexity index is 775. The molecular formula is C19H20N4O3. The average molecular weight is 352 g/mol. The minimum Gasteiger partial charge on any atom is -0.494 e. The summed E-state index contributed by atoms with van der Waals surface area (Å²) >= 11 is 0. The van der Waals surface area contributed by atoms with Gasteiger partial charge in [-0.1, -0.05) is 0 Å². The zero-order valence-electron chi connectivity index (χ0n) is 14.3. The van der Waals surface area contributed by atoms with Crippen LogP contribution in [0.25, 0.3) is 0 Å². The smallest absolute Gasteiger partial charge is 0.252 e. The quantitative estimate of drug-likeness (QED) is 0.776. The zero-order chi connectivity index (χ0) is 18.2. The van der Waals surface area contributed by atoms with Crippen LogP contribution in [0.4, 0.5) is 5.69 Å². The number of rotatable bonds is 7. The van der Waals surface area contributed by atoms with E-state index in [1.807, 2.05) is 0 Å². The Labute approximate surface area is 151 Å². The van der Waals surface area contributed by atoms with Crippen molar-refractivity contribution in [3.63, 3.8) is 0 Å². The molecule has 1 aliphatic heterocycles. The number of benzene rings is 1. The van der Waals surface area contributed by atoms with Crippen molar-refractivity contribution in [3.05, 3.63) is 54.4 Å². The Balaban J connectivity index is 1.40. The molecule has 1 N–H and O–H groups in total. The van der Waals surface area contributed by atoms with Crippen molar-refractivity contribution in [2.45, 2.75) is 19.3 Å². The molecule has 1 aliphatic rings. The van der Waals surface area contributed by atoms with Crippen molar-refractivity contribution in [1.29, 1.82) is 0 Å². The fourth-order valence-corrected chi connectivity index (χ4v) is 2.46. The van der Waals surface area contributed by atoms with Gasteiger partial charge in [-0.3, -0.25) is 14.6 Å². The van der Waals surface area contributed by atoms with Crippen LogP contribution in [0, 0.1) is 0 Å². The van der Waals surface area contributed by atoms with E-state index < -0.39 is 0 Å². The topological polar surface area (TPSA) is 83.9 Å². The van der Waals surface area contributed by atoms with E-state index in [0.29, 0.717) is 43.7 Å². The van der Waals surface area contributed by atoms with Gasteiger partial charge in [0.2, 0.25) is 5.91 Å². The lowest BCUT2D eigenvalue weighted by Gasteiger charge is -2.20. The van der Waals surface area contributed by atoms with Crippen molar-refractivity contribution >= 4 is 23.7 Å². The third kappa shape index (κ3) is 4.66. The van der Waals surface area contributed by atoms with Crippen LogP contribution in [0.5, 0.6) is 5.75 Å². The molecule has 0 bridgehead atoms. The first-order chi connectivity index (χ1) is 12.7. The van der Waals surface area contributed by atoms with Gasteiger partial charge < -0.3 is 10.1 Å². The molecule has 0 atom stereocenters. The first-order valence-electron chi connectivity index (χ1n) is 8.50. The summed E-state index contributed by atoms with van der Waals surface area (Å²) in [6.07, 6.45) is 6.75. The number of hydrazone groups is 1. The van der Waals surface area contributed by atoms with Crippen LogP contribution in [0.3, 0.4) is 0 Å². The maximum atomic E-state index is 11.9. The second kappa shape index (κ2) is 8.75. The SMILES string of the molecule is O=C(NCCCOc1ccc(N2N=CCCC2=O)cc1)c1cccnc1. The lowest BCUT2D eigenvalue weighted by Crippen LogP contribution is -2.28. The van der Waals surface area contributed by atoms with E-state index in [4.69, 9.17) is 4.74 Å². The monoisotopic (exact) mass is 352 g/mol. The molecule has 1 aromatic heterocycles. The van der Waals surface area contributed by atoms with Crippen molar-refractivity contribution in [3.8, 4) is 5.75 Å². The number of nitrogens with zero attached hydrogens (tertiary/aromatic N) is 3. The minimum atomic E-state index is -0.144. The highest BCUT2D eigenvalue weighted by Crippen LogP contribution is 2.22. The van der Waals surface area contributed by atoms with Crippen LogP contribution in [0.1, 0.15) is 29.6 Å². The van der Waals surface area contributed by atoms with E-state index >= 15 is 0 Å². The lowest BCUT2D eigenvalue weighted by molar-refractivity contribution is -0.118. The highest BCUT2D eigenvalue weighted by molar-refractivity contribution is 5.96. The van der Waals surface area contributed by atoms with E-state index in [9.17, 15) is 9.59 Å². The minimum absolute atomic E-state index is 0.00877. The van der Waals surface area contributed by atoms with Gasteiger partial charge in [0, 0.05) is 31.6 Å². The standard InChI is InChI=1S/C19H20N4O3/c24-18-5-2-12-22-23(18)16-6-8-17(9-7-16)26-13-3-11-21-19(25)15-4-1-10-20-14-15/h1,4,6-10,12,14H,2-3,5,11,13H2,(H,21,25). The largest absolute Gasteiger partial charge is 0.494 e. The number of aromatic nitrogens is 1. The molecule has 7 nitrogen and oxygen atoms in total. The highest BCUT2D eigenvalue weighted by atomic mass is 16.5. The predicted molar refractivity (Wildman–Crippen MR) is 98.3 cm³/mol. The number of nitrogens with one attached hydrogen (secondary N) is 1. The van der Waals surface area contributed by atoms with Crippen molar-refractivity contribution in [2.75, 3.05) is 18.2 Å². The van der Waals surface area contributed by atoms with Crippen LogP contribution in [0.2, 0.25) is 0 Å². The second-order valence-corrected chi connectivity index (χ2v) is 5.74. The normalized spacial score (nSPS) is 13.5. The van der Waals surface area contributed by atoms with Gasteiger partial charge in [0.05, 0.1) is 17.9 Å². The van der Waals surface area contributed by atoms with Crippen LogP contribution in [-0.2, 0) is 4.79 Å². The van der Waals surface area contributed by atoms with Gasteiger partial charge in [-0.15, -0.1) is 0 Å². The molecule has 0 radical (unpaired) electrons. The Morgan fingerprint density at radius 2 is 2.08 bits per heavy atom. The molecule has 26 heavy (non-hydrogen) atoms. The summed E-state index contributed by atoms with van der Waals surface area (Å²) in [5.74, 6) is 0.556. The molecule has 0 unspecified atom stereocenters. The van der Waals surface area contributed by atoms with Gasteiger partial charge in [-0.05, 0) is 49.2 Å². The summed E-state index contributed by atoms with van der Waals surface area (Å²) in [5, 5.41) is 8.34. The molecule has 0 fully saturated rings. The van der Waals surface area contributed by atoms with E-state index in [1.165, 1.54) is 11.2 Å². The Kier molecular flexibility index (Phi) is 5.92. The molecule has 2 heterocycles. The third-order valence-electron chi connectivity index (χ3n) is 3.80. The maximum Gasteiger partial charge on any atom is 0.252 e. The fourth-order valence-electron chi connectivity index (χ4n) is 2.46. The van der Waals surface area contributed by atoms with Crippen molar-refractivity contribution in [1.82, 2.24) is 10.3 Å². The number of carbonyl (C=O) groups excluding carboxylic acids is 2. The molecule has 0 saturated carbocycles. The van der Waals surface area contributed by atoms with E-state index in [-0.39, 0.29) is 11.8 Å². The molecule has 2 aromatic rings. The summed E-state index contributed by atoms with van der Waals surface area (Å²) in [7, 11) is 0. The van der Waals surface area contributed by atoms with Crippen LogP contribution < -0.4 is 15.1 Å². The number of hydrogen-bond acceptors (Lipinski definition) is 5. The van der Waals surface area contributed by atoms with E-state index in [0.717, 1.165) is 5.69 Å². The van der Waals surface area contributed by atoms with Crippen molar-refractivity contribution in [2.24, 2.45) is 5.10 Å². The molecule has 7 heteroatoms. The Morgan fingerprint density at radius 1 is 1.23 bits per heavy atom. The van der Waals surface area contributed by atoms with Crippen molar-refractivity contribution < 1.29 is 14.3 Å². The Morgan fingerprint density at radius 3 is 2.81 bits per heavy atom. The van der Waals surface area contributed by atoms with Gasteiger partial charge in [0.15, 0.2) is 0 Å². The number of ether oxygens (including phenoxy) is 1. The number of anilines is 1. The first-order valence-corrected chi connectivity index (χ1v) is 8.50. The maximum absolute atomic E-state index is 11.9. The summed E-state index contributed by atoms with van der Waals surface area (Å²) in [4.78, 5) is 27.6. The highest BCUT2D eigenvalue weighted by Gasteiger charge is 2.17. The van der Waals surface area contributed by atoms with Crippen LogP contribution in [-0.4, -0.2) is 36.2 Å². The summed E-state index contributed by atoms with van der Waals surface area (Å²) in [6, 6.07) is 10.7. The van der Waals surface area contributed by atoms with Crippen LogP contribution in [0.15, 0.2) is 53.9 Å².